The number of ketones is 1. The SMILES string of the molecule is C[C@@H](CCBr)[C@H]1CC[C@]2(C)CC(C)(C)C(=O)[C@H]12. The number of hydrogen-bond donors (Lipinski definition) is 0. The van der Waals surface area contributed by atoms with Crippen LogP contribution in [0.5, 0.6) is 0 Å². The smallest absolute Gasteiger partial charge is 0.142 e. The second-order valence-electron chi connectivity index (χ2n) is 7.21. The Kier molecular flexibility index (Phi) is 3.48. The third-order valence-electron chi connectivity index (χ3n) is 5.32. The van der Waals surface area contributed by atoms with E-state index in [-0.39, 0.29) is 5.41 Å². The molecule has 2 rings (SSSR count). The number of alkyl halides is 1. The molecule has 0 bridgehead atoms. The summed E-state index contributed by atoms with van der Waals surface area (Å²) in [7, 11) is 0. The van der Waals surface area contributed by atoms with Crippen molar-refractivity contribution < 1.29 is 4.79 Å². The van der Waals surface area contributed by atoms with Gasteiger partial charge in [0.25, 0.3) is 0 Å². The molecule has 4 atom stereocenters. The first-order valence-electron chi connectivity index (χ1n) is 6.92. The van der Waals surface area contributed by atoms with Gasteiger partial charge in [0.15, 0.2) is 0 Å². The van der Waals surface area contributed by atoms with Crippen molar-refractivity contribution >= 4 is 21.7 Å². The molecule has 0 N–H and O–H groups in total. The maximum atomic E-state index is 12.6. The van der Waals surface area contributed by atoms with E-state index in [1.54, 1.807) is 0 Å². The van der Waals surface area contributed by atoms with E-state index in [2.05, 4.69) is 43.6 Å². The number of carbonyl (C=O) groups excluding carboxylic acids is 1. The molecule has 0 heterocycles. The Hall–Kier alpha value is 0.150. The average molecular weight is 301 g/mol. The number of fused-ring (bicyclic) bond motifs is 1. The topological polar surface area (TPSA) is 17.1 Å². The lowest BCUT2D eigenvalue weighted by Gasteiger charge is -2.28. The molecule has 0 saturated heterocycles. The molecule has 2 heteroatoms. The molecular weight excluding hydrogens is 276 g/mol. The van der Waals surface area contributed by atoms with Crippen molar-refractivity contribution in [1.29, 1.82) is 0 Å². The summed E-state index contributed by atoms with van der Waals surface area (Å²) in [6.07, 6.45) is 4.81. The number of carbonyl (C=O) groups is 1. The Morgan fingerprint density at radius 2 is 2.06 bits per heavy atom. The summed E-state index contributed by atoms with van der Waals surface area (Å²) in [5, 5.41) is 1.06. The van der Waals surface area contributed by atoms with Crippen LogP contribution in [-0.2, 0) is 4.79 Å². The van der Waals surface area contributed by atoms with Crippen molar-refractivity contribution in [2.24, 2.45) is 28.6 Å². The summed E-state index contributed by atoms with van der Waals surface area (Å²) in [4.78, 5) is 12.6. The van der Waals surface area contributed by atoms with Gasteiger partial charge in [-0.25, -0.2) is 0 Å². The standard InChI is InChI=1S/C15H25BrO/c1-10(6-8-16)11-5-7-15(4)9-14(2,3)13(17)12(11)15/h10-12H,5-9H2,1-4H3/t10-,11+,12-,15+/m0/s1. The summed E-state index contributed by atoms with van der Waals surface area (Å²) >= 11 is 3.54. The van der Waals surface area contributed by atoms with Gasteiger partial charge in [-0.15, -0.1) is 0 Å². The minimum atomic E-state index is -0.0772. The highest BCUT2D eigenvalue weighted by Crippen LogP contribution is 2.62. The van der Waals surface area contributed by atoms with Gasteiger partial charge in [-0.2, -0.15) is 0 Å². The van der Waals surface area contributed by atoms with Crippen LogP contribution in [0.4, 0.5) is 0 Å². The van der Waals surface area contributed by atoms with Crippen LogP contribution in [-0.4, -0.2) is 11.1 Å². The minimum absolute atomic E-state index is 0.0772. The number of rotatable bonds is 3. The zero-order valence-corrected chi connectivity index (χ0v) is 13.1. The molecule has 0 unspecified atom stereocenters. The largest absolute Gasteiger partial charge is 0.299 e. The van der Waals surface area contributed by atoms with Gasteiger partial charge in [0.1, 0.15) is 5.78 Å². The molecule has 2 saturated carbocycles. The molecule has 0 spiro atoms. The fourth-order valence-electron chi connectivity index (χ4n) is 4.56. The lowest BCUT2D eigenvalue weighted by atomic mass is 9.75. The van der Waals surface area contributed by atoms with Crippen LogP contribution in [0.25, 0.3) is 0 Å². The Labute approximate surface area is 114 Å². The van der Waals surface area contributed by atoms with Gasteiger partial charge >= 0.3 is 0 Å². The molecule has 0 aromatic carbocycles. The molecule has 2 fully saturated rings. The predicted octanol–water partition coefficient (Wildman–Crippen LogP) is 4.44. The molecule has 98 valence electrons. The zero-order valence-electron chi connectivity index (χ0n) is 11.6. The van der Waals surface area contributed by atoms with Crippen LogP contribution in [0.2, 0.25) is 0 Å². The van der Waals surface area contributed by atoms with Gasteiger partial charge < -0.3 is 0 Å². The highest BCUT2D eigenvalue weighted by molar-refractivity contribution is 9.09. The van der Waals surface area contributed by atoms with Gasteiger partial charge in [-0.3, -0.25) is 4.79 Å². The van der Waals surface area contributed by atoms with Crippen LogP contribution in [0, 0.1) is 28.6 Å². The number of hydrogen-bond acceptors (Lipinski definition) is 1. The van der Waals surface area contributed by atoms with Crippen molar-refractivity contribution in [1.82, 2.24) is 0 Å². The fraction of sp³-hybridized carbons (Fsp3) is 0.933. The minimum Gasteiger partial charge on any atom is -0.299 e. The summed E-state index contributed by atoms with van der Waals surface area (Å²) in [6, 6.07) is 0. The summed E-state index contributed by atoms with van der Waals surface area (Å²) in [6.45, 7) is 8.97. The second kappa shape index (κ2) is 4.36. The van der Waals surface area contributed by atoms with Gasteiger partial charge in [0.2, 0.25) is 0 Å². The third kappa shape index (κ3) is 2.11. The Morgan fingerprint density at radius 1 is 1.41 bits per heavy atom. The van der Waals surface area contributed by atoms with Gasteiger partial charge in [0, 0.05) is 16.7 Å². The molecule has 17 heavy (non-hydrogen) atoms. The Balaban J connectivity index is 2.22. The van der Waals surface area contributed by atoms with Crippen LogP contribution in [0.1, 0.15) is 53.4 Å². The third-order valence-corrected chi connectivity index (χ3v) is 5.78. The molecule has 0 aliphatic heterocycles. The Morgan fingerprint density at radius 3 is 2.65 bits per heavy atom. The molecule has 0 amide bonds. The van der Waals surface area contributed by atoms with E-state index < -0.39 is 0 Å². The lowest BCUT2D eigenvalue weighted by molar-refractivity contribution is -0.129. The summed E-state index contributed by atoms with van der Waals surface area (Å²) in [5.74, 6) is 2.20. The van der Waals surface area contributed by atoms with E-state index in [1.165, 1.54) is 19.3 Å². The monoisotopic (exact) mass is 300 g/mol. The highest BCUT2D eigenvalue weighted by atomic mass is 79.9. The molecule has 0 aromatic rings. The van der Waals surface area contributed by atoms with Crippen molar-refractivity contribution in [2.45, 2.75) is 53.4 Å². The first-order valence-corrected chi connectivity index (χ1v) is 8.04. The van der Waals surface area contributed by atoms with Crippen molar-refractivity contribution in [3.63, 3.8) is 0 Å². The van der Waals surface area contributed by atoms with Gasteiger partial charge in [-0.1, -0.05) is 43.6 Å². The second-order valence-corrected chi connectivity index (χ2v) is 8.01. The zero-order chi connectivity index (χ0) is 12.8. The Bertz CT molecular complexity index is 323. The van der Waals surface area contributed by atoms with E-state index >= 15 is 0 Å². The van der Waals surface area contributed by atoms with E-state index in [4.69, 9.17) is 0 Å². The van der Waals surface area contributed by atoms with Crippen LogP contribution < -0.4 is 0 Å². The molecule has 0 aromatic heterocycles. The van der Waals surface area contributed by atoms with Crippen molar-refractivity contribution in [2.75, 3.05) is 5.33 Å². The lowest BCUT2D eigenvalue weighted by Crippen LogP contribution is -2.30. The van der Waals surface area contributed by atoms with Gasteiger partial charge in [-0.05, 0) is 42.9 Å². The van der Waals surface area contributed by atoms with Crippen molar-refractivity contribution in [3.8, 4) is 0 Å². The maximum absolute atomic E-state index is 12.6. The normalized spacial score (nSPS) is 41.6. The molecule has 1 nitrogen and oxygen atoms in total. The van der Waals surface area contributed by atoms with Crippen molar-refractivity contribution in [3.05, 3.63) is 0 Å². The maximum Gasteiger partial charge on any atom is 0.142 e. The molecule has 2 aliphatic carbocycles. The first-order chi connectivity index (χ1) is 7.82. The fourth-order valence-corrected chi connectivity index (χ4v) is 5.28. The van der Waals surface area contributed by atoms with E-state index in [1.807, 2.05) is 0 Å². The first kappa shape index (κ1) is 13.6. The number of halogens is 1. The molecule has 0 radical (unpaired) electrons. The van der Waals surface area contributed by atoms with Crippen LogP contribution in [0.15, 0.2) is 0 Å². The predicted molar refractivity (Wildman–Crippen MR) is 75.3 cm³/mol. The average Bonchev–Trinajstić information content (AvgIpc) is 2.61. The molecule has 2 aliphatic rings. The summed E-state index contributed by atoms with van der Waals surface area (Å²) < 4.78 is 0. The van der Waals surface area contributed by atoms with Crippen LogP contribution in [0.3, 0.4) is 0 Å². The van der Waals surface area contributed by atoms with Crippen LogP contribution >= 0.6 is 15.9 Å². The summed E-state index contributed by atoms with van der Waals surface area (Å²) in [5.41, 5.74) is 0.220. The number of Topliss-reactive ketones (excluding diaryl/α,β-unsaturated/α-hetero) is 1. The van der Waals surface area contributed by atoms with E-state index in [0.717, 1.165) is 11.8 Å². The quantitative estimate of drug-likeness (QED) is 0.704. The molecular formula is C15H25BrO. The van der Waals surface area contributed by atoms with Gasteiger partial charge in [0.05, 0.1) is 0 Å². The van der Waals surface area contributed by atoms with E-state index in [0.29, 0.717) is 29.0 Å². The highest BCUT2D eigenvalue weighted by Gasteiger charge is 2.60. The van der Waals surface area contributed by atoms with E-state index in [9.17, 15) is 4.79 Å².